The summed E-state index contributed by atoms with van der Waals surface area (Å²) < 4.78 is 0. The largest absolute Gasteiger partial charge is 0.0622 e. The molecule has 0 saturated carbocycles. The highest BCUT2D eigenvalue weighted by molar-refractivity contribution is 7.80. The van der Waals surface area contributed by atoms with E-state index in [1.54, 1.807) is 0 Å². The van der Waals surface area contributed by atoms with Crippen molar-refractivity contribution in [3.05, 3.63) is 229 Å². The number of benzene rings is 8. The Labute approximate surface area is 310 Å². The molecule has 0 aliphatic carbocycles. The van der Waals surface area contributed by atoms with Crippen LogP contribution in [0, 0.1) is 0 Å². The first-order chi connectivity index (χ1) is 25.8. The number of hydrogen-bond donors (Lipinski definition) is 0. The van der Waals surface area contributed by atoms with Crippen molar-refractivity contribution in [1.29, 1.82) is 0 Å². The third-order valence-electron chi connectivity index (χ3n) is 9.18. The monoisotopic (exact) mass is 700 g/mol. The molecule has 248 valence electrons. The Morgan fingerprint density at radius 1 is 0.231 bits per heavy atom. The van der Waals surface area contributed by atoms with E-state index >= 15 is 0 Å². The lowest BCUT2D eigenvalue weighted by molar-refractivity contribution is 1.67. The van der Waals surface area contributed by atoms with Crippen LogP contribution in [-0.4, -0.2) is 0 Å². The van der Waals surface area contributed by atoms with Crippen molar-refractivity contribution in [3.63, 3.8) is 0 Å². The SMILES string of the molecule is C(=Cc1ccc2cc(C=Cc3ccc(P(c4ccccc4)c4ccccc4)cc3)ccc2c1)c1ccc(P(c2ccccc2)c2ccccc2)cc1. The van der Waals surface area contributed by atoms with Crippen LogP contribution in [0.3, 0.4) is 0 Å². The molecule has 0 amide bonds. The second-order valence-corrected chi connectivity index (χ2v) is 17.2. The van der Waals surface area contributed by atoms with Crippen LogP contribution in [0.25, 0.3) is 35.1 Å². The standard InChI is InChI=1S/C50H38P2/c1-5-13-45(14-6-1)51(46-15-7-2-8-16-46)49-33-27-39(28-34-49)21-23-41-25-31-44-38-42(26-32-43(44)37-41)24-22-40-29-35-50(36-30-40)52(47-17-9-3-10-18-47)48-19-11-4-12-20-48/h1-38H. The van der Waals surface area contributed by atoms with Crippen LogP contribution in [-0.2, 0) is 0 Å². The lowest BCUT2D eigenvalue weighted by Gasteiger charge is -2.19. The van der Waals surface area contributed by atoms with Crippen molar-refractivity contribution in [2.45, 2.75) is 0 Å². The summed E-state index contributed by atoms with van der Waals surface area (Å²) in [4.78, 5) is 0. The Balaban J connectivity index is 0.953. The normalized spacial score (nSPS) is 11.7. The van der Waals surface area contributed by atoms with E-state index in [4.69, 9.17) is 0 Å². The summed E-state index contributed by atoms with van der Waals surface area (Å²) in [5, 5.41) is 10.7. The lowest BCUT2D eigenvalue weighted by atomic mass is 10.0. The molecule has 0 fully saturated rings. The quantitative estimate of drug-likeness (QED) is 0.0984. The van der Waals surface area contributed by atoms with Gasteiger partial charge in [-0.05, 0) is 92.8 Å². The van der Waals surface area contributed by atoms with E-state index in [0.29, 0.717) is 0 Å². The summed E-state index contributed by atoms with van der Waals surface area (Å²) in [6.07, 6.45) is 8.85. The van der Waals surface area contributed by atoms with Crippen molar-refractivity contribution in [2.75, 3.05) is 0 Å². The van der Waals surface area contributed by atoms with Gasteiger partial charge in [0, 0.05) is 0 Å². The predicted octanol–water partition coefficient (Wildman–Crippen LogP) is 10.7. The molecule has 0 N–H and O–H groups in total. The molecule has 0 aromatic heterocycles. The molecular weight excluding hydrogens is 662 g/mol. The van der Waals surface area contributed by atoms with Crippen LogP contribution in [0.2, 0.25) is 0 Å². The molecular formula is C50H38P2. The molecule has 0 aliphatic rings. The van der Waals surface area contributed by atoms with Gasteiger partial charge in [-0.25, -0.2) is 0 Å². The number of rotatable bonds is 10. The number of fused-ring (bicyclic) bond motifs is 1. The average Bonchev–Trinajstić information content (AvgIpc) is 3.22. The van der Waals surface area contributed by atoms with Gasteiger partial charge in [0.2, 0.25) is 0 Å². The van der Waals surface area contributed by atoms with E-state index in [1.807, 2.05) is 0 Å². The summed E-state index contributed by atoms with van der Waals surface area (Å²) in [5.41, 5.74) is 4.79. The minimum absolute atomic E-state index is 0.599. The van der Waals surface area contributed by atoms with Gasteiger partial charge >= 0.3 is 0 Å². The summed E-state index contributed by atoms with van der Waals surface area (Å²) in [6, 6.07) is 75.0. The lowest BCUT2D eigenvalue weighted by Crippen LogP contribution is -2.20. The maximum absolute atomic E-state index is 2.29. The van der Waals surface area contributed by atoms with E-state index in [2.05, 4.69) is 231 Å². The van der Waals surface area contributed by atoms with E-state index in [1.165, 1.54) is 64.9 Å². The fourth-order valence-corrected chi connectivity index (χ4v) is 11.1. The fraction of sp³-hybridized carbons (Fsp3) is 0. The van der Waals surface area contributed by atoms with Crippen LogP contribution in [0.4, 0.5) is 0 Å². The van der Waals surface area contributed by atoms with E-state index in [0.717, 1.165) is 0 Å². The zero-order valence-corrected chi connectivity index (χ0v) is 30.6. The summed E-state index contributed by atoms with van der Waals surface area (Å²) in [5.74, 6) is 0. The van der Waals surface area contributed by atoms with Crippen molar-refractivity contribution in [3.8, 4) is 0 Å². The number of hydrogen-bond acceptors (Lipinski definition) is 0. The summed E-state index contributed by atoms with van der Waals surface area (Å²) >= 11 is 0. The Kier molecular flexibility index (Phi) is 10.4. The topological polar surface area (TPSA) is 0 Å². The molecule has 0 atom stereocenters. The van der Waals surface area contributed by atoms with Crippen molar-refractivity contribution < 1.29 is 0 Å². The second-order valence-electron chi connectivity index (χ2n) is 12.7. The Morgan fingerprint density at radius 3 is 0.788 bits per heavy atom. The van der Waals surface area contributed by atoms with Crippen molar-refractivity contribution in [2.24, 2.45) is 0 Å². The molecule has 0 aliphatic heterocycles. The van der Waals surface area contributed by atoms with E-state index in [9.17, 15) is 0 Å². The summed E-state index contributed by atoms with van der Waals surface area (Å²) in [7, 11) is -1.20. The average molecular weight is 701 g/mol. The molecule has 0 radical (unpaired) electrons. The molecule has 8 rings (SSSR count). The van der Waals surface area contributed by atoms with Gasteiger partial charge in [0.1, 0.15) is 0 Å². The van der Waals surface area contributed by atoms with Gasteiger partial charge in [0.15, 0.2) is 0 Å². The molecule has 52 heavy (non-hydrogen) atoms. The maximum Gasteiger partial charge on any atom is -0.0134 e. The zero-order valence-electron chi connectivity index (χ0n) is 28.8. The molecule has 8 aromatic carbocycles. The second kappa shape index (κ2) is 16.1. The highest BCUT2D eigenvalue weighted by atomic mass is 31.1. The van der Waals surface area contributed by atoms with Gasteiger partial charge in [0.25, 0.3) is 0 Å². The Hall–Kier alpha value is -5.64. The molecule has 0 spiro atoms. The molecule has 0 saturated heterocycles. The molecule has 0 nitrogen and oxygen atoms in total. The van der Waals surface area contributed by atoms with Gasteiger partial charge in [0.05, 0.1) is 0 Å². The zero-order chi connectivity index (χ0) is 35.0. The smallest absolute Gasteiger partial charge is 0.0134 e. The molecule has 0 bridgehead atoms. The third-order valence-corrected chi connectivity index (χ3v) is 14.1. The van der Waals surface area contributed by atoms with Crippen LogP contribution in [0.15, 0.2) is 206 Å². The third kappa shape index (κ3) is 7.96. The first-order valence-electron chi connectivity index (χ1n) is 17.7. The fourth-order valence-electron chi connectivity index (χ4n) is 6.55. The van der Waals surface area contributed by atoms with Crippen LogP contribution < -0.4 is 31.8 Å². The first kappa shape index (κ1) is 33.5. The van der Waals surface area contributed by atoms with Gasteiger partial charge in [-0.2, -0.15) is 0 Å². The van der Waals surface area contributed by atoms with Crippen LogP contribution >= 0.6 is 15.8 Å². The van der Waals surface area contributed by atoms with Crippen molar-refractivity contribution >= 4 is 82.7 Å². The van der Waals surface area contributed by atoms with Gasteiger partial charge in [-0.3, -0.25) is 0 Å². The van der Waals surface area contributed by atoms with Crippen LogP contribution in [0.1, 0.15) is 22.3 Å². The highest BCUT2D eigenvalue weighted by Gasteiger charge is 2.17. The van der Waals surface area contributed by atoms with E-state index < -0.39 is 15.8 Å². The maximum atomic E-state index is 2.29. The Bertz CT molecular complexity index is 2160. The molecule has 2 heteroatoms. The van der Waals surface area contributed by atoms with E-state index in [-0.39, 0.29) is 0 Å². The van der Waals surface area contributed by atoms with Gasteiger partial charge in [-0.15, -0.1) is 0 Å². The minimum Gasteiger partial charge on any atom is -0.0622 e. The first-order valence-corrected chi connectivity index (χ1v) is 20.4. The molecule has 0 unspecified atom stereocenters. The molecule has 0 heterocycles. The predicted molar refractivity (Wildman–Crippen MR) is 232 cm³/mol. The van der Waals surface area contributed by atoms with Gasteiger partial charge in [-0.1, -0.05) is 218 Å². The van der Waals surface area contributed by atoms with Gasteiger partial charge < -0.3 is 0 Å². The minimum atomic E-state index is -0.599. The summed E-state index contributed by atoms with van der Waals surface area (Å²) in [6.45, 7) is 0. The van der Waals surface area contributed by atoms with Crippen molar-refractivity contribution in [1.82, 2.24) is 0 Å². The molecule has 8 aromatic rings. The highest BCUT2D eigenvalue weighted by Crippen LogP contribution is 2.34. The Morgan fingerprint density at radius 2 is 0.481 bits per heavy atom. The van der Waals surface area contributed by atoms with Crippen LogP contribution in [0.5, 0.6) is 0 Å².